The van der Waals surface area contributed by atoms with Crippen molar-refractivity contribution in [1.82, 2.24) is 0 Å². The predicted octanol–water partition coefficient (Wildman–Crippen LogP) is 5.72. The van der Waals surface area contributed by atoms with Gasteiger partial charge in [-0.25, -0.2) is 0 Å². The van der Waals surface area contributed by atoms with Crippen molar-refractivity contribution in [3.63, 3.8) is 0 Å². The SMILES string of the molecule is C=C[C@@](C)(CCC=C(C)C)c1cc([C@@H]2COc3cc(O)ccc3C2)c(O)c(O)c1OC. The van der Waals surface area contributed by atoms with Crippen LogP contribution < -0.4 is 9.47 Å². The van der Waals surface area contributed by atoms with Gasteiger partial charge in [-0.15, -0.1) is 6.58 Å². The van der Waals surface area contributed by atoms with Gasteiger partial charge in [0.05, 0.1) is 13.7 Å². The average molecular weight is 425 g/mol. The lowest BCUT2D eigenvalue weighted by Gasteiger charge is -2.32. The first-order valence-electron chi connectivity index (χ1n) is 10.5. The number of hydrogen-bond acceptors (Lipinski definition) is 5. The Morgan fingerprint density at radius 3 is 2.61 bits per heavy atom. The second-order valence-corrected chi connectivity index (χ2v) is 8.69. The molecule has 0 aliphatic carbocycles. The number of allylic oxidation sites excluding steroid dienone is 3. The van der Waals surface area contributed by atoms with Crippen molar-refractivity contribution in [3.05, 3.63) is 65.3 Å². The Morgan fingerprint density at radius 1 is 1.23 bits per heavy atom. The minimum absolute atomic E-state index is 0.153. The topological polar surface area (TPSA) is 79.2 Å². The van der Waals surface area contributed by atoms with Gasteiger partial charge >= 0.3 is 0 Å². The summed E-state index contributed by atoms with van der Waals surface area (Å²) in [5.41, 5.74) is 3.13. The lowest BCUT2D eigenvalue weighted by atomic mass is 9.76. The number of phenolic OH excluding ortho intramolecular Hbond substituents is 3. The molecule has 5 heteroatoms. The van der Waals surface area contributed by atoms with E-state index < -0.39 is 5.41 Å². The van der Waals surface area contributed by atoms with E-state index >= 15 is 0 Å². The Hall–Kier alpha value is -3.08. The molecule has 1 aliphatic rings. The molecule has 3 N–H and O–H groups in total. The Kier molecular flexibility index (Phi) is 6.54. The Balaban J connectivity index is 2.05. The number of methoxy groups -OCH3 is 1. The van der Waals surface area contributed by atoms with Gasteiger partial charge in [0, 0.05) is 28.5 Å². The quantitative estimate of drug-likeness (QED) is 0.391. The van der Waals surface area contributed by atoms with Gasteiger partial charge in [-0.3, -0.25) is 0 Å². The molecule has 0 saturated heterocycles. The minimum Gasteiger partial charge on any atom is -0.508 e. The molecule has 166 valence electrons. The maximum atomic E-state index is 10.8. The van der Waals surface area contributed by atoms with Crippen LogP contribution in [0.3, 0.4) is 0 Å². The Bertz CT molecular complexity index is 1000. The predicted molar refractivity (Wildman–Crippen MR) is 123 cm³/mol. The molecule has 2 aromatic rings. The van der Waals surface area contributed by atoms with E-state index in [1.807, 2.05) is 18.2 Å². The molecule has 0 radical (unpaired) electrons. The normalized spacial score (nSPS) is 17.1. The number of aromatic hydroxyl groups is 3. The van der Waals surface area contributed by atoms with Gasteiger partial charge in [-0.1, -0.05) is 30.7 Å². The largest absolute Gasteiger partial charge is 0.508 e. The smallest absolute Gasteiger partial charge is 0.201 e. The van der Waals surface area contributed by atoms with Gasteiger partial charge in [0.15, 0.2) is 11.5 Å². The summed E-state index contributed by atoms with van der Waals surface area (Å²) in [6.45, 7) is 10.6. The summed E-state index contributed by atoms with van der Waals surface area (Å²) in [5, 5.41) is 31.3. The summed E-state index contributed by atoms with van der Waals surface area (Å²) in [5.74, 6) is 0.463. The molecule has 1 heterocycles. The van der Waals surface area contributed by atoms with Gasteiger partial charge < -0.3 is 24.8 Å². The summed E-state index contributed by atoms with van der Waals surface area (Å²) < 4.78 is 11.4. The van der Waals surface area contributed by atoms with Crippen molar-refractivity contribution in [3.8, 4) is 28.7 Å². The molecule has 31 heavy (non-hydrogen) atoms. The van der Waals surface area contributed by atoms with Gasteiger partial charge in [0.25, 0.3) is 0 Å². The number of hydrogen-bond donors (Lipinski definition) is 3. The average Bonchev–Trinajstić information content (AvgIpc) is 2.74. The van der Waals surface area contributed by atoms with Gasteiger partial charge in [0.2, 0.25) is 5.75 Å². The molecule has 0 unspecified atom stereocenters. The Morgan fingerprint density at radius 2 is 1.97 bits per heavy atom. The fourth-order valence-corrected chi connectivity index (χ4v) is 4.17. The van der Waals surface area contributed by atoms with E-state index in [4.69, 9.17) is 9.47 Å². The number of benzene rings is 2. The highest BCUT2D eigenvalue weighted by Crippen LogP contribution is 2.50. The standard InChI is InChI=1S/C26H32O5/c1-6-26(4,11-7-8-16(2)3)21-14-20(23(28)24(29)25(21)30-5)18-12-17-9-10-19(27)13-22(17)31-15-18/h6,8-10,13-14,18,27-29H,1,7,11-12,15H2,2-5H3/t18-,26-/m0/s1. The van der Waals surface area contributed by atoms with Gasteiger partial charge in [-0.05, 0) is 50.8 Å². The van der Waals surface area contributed by atoms with Crippen LogP contribution in [0.4, 0.5) is 0 Å². The summed E-state index contributed by atoms with van der Waals surface area (Å²) in [4.78, 5) is 0. The highest BCUT2D eigenvalue weighted by Gasteiger charge is 2.33. The van der Waals surface area contributed by atoms with Crippen LogP contribution in [0, 0.1) is 0 Å². The molecule has 2 aromatic carbocycles. The van der Waals surface area contributed by atoms with Crippen LogP contribution in [0.1, 0.15) is 56.2 Å². The summed E-state index contributed by atoms with van der Waals surface area (Å²) in [7, 11) is 1.49. The first kappa shape index (κ1) is 22.6. The molecule has 5 nitrogen and oxygen atoms in total. The van der Waals surface area contributed by atoms with Crippen molar-refractivity contribution < 1.29 is 24.8 Å². The molecule has 0 bridgehead atoms. The van der Waals surface area contributed by atoms with E-state index in [-0.39, 0.29) is 28.9 Å². The van der Waals surface area contributed by atoms with Crippen LogP contribution in [0.15, 0.2) is 48.6 Å². The summed E-state index contributed by atoms with van der Waals surface area (Å²) in [6.07, 6.45) is 6.31. The molecule has 3 rings (SSSR count). The van der Waals surface area contributed by atoms with E-state index in [1.165, 1.54) is 12.7 Å². The third kappa shape index (κ3) is 4.50. The third-order valence-corrected chi connectivity index (χ3v) is 6.14. The maximum absolute atomic E-state index is 10.8. The van der Waals surface area contributed by atoms with Crippen LogP contribution in [0.2, 0.25) is 0 Å². The zero-order chi connectivity index (χ0) is 22.8. The molecular formula is C26H32O5. The van der Waals surface area contributed by atoms with E-state index in [2.05, 4.69) is 33.4 Å². The van der Waals surface area contributed by atoms with Crippen molar-refractivity contribution in [1.29, 1.82) is 0 Å². The monoisotopic (exact) mass is 424 g/mol. The zero-order valence-corrected chi connectivity index (χ0v) is 18.7. The molecule has 0 saturated carbocycles. The van der Waals surface area contributed by atoms with Crippen molar-refractivity contribution in [2.75, 3.05) is 13.7 Å². The highest BCUT2D eigenvalue weighted by molar-refractivity contribution is 5.62. The van der Waals surface area contributed by atoms with Crippen molar-refractivity contribution in [2.45, 2.75) is 51.4 Å². The van der Waals surface area contributed by atoms with E-state index in [0.717, 1.165) is 24.0 Å². The molecule has 0 amide bonds. The molecule has 0 aromatic heterocycles. The summed E-state index contributed by atoms with van der Waals surface area (Å²) in [6, 6.07) is 6.96. The lowest BCUT2D eigenvalue weighted by molar-refractivity contribution is 0.256. The summed E-state index contributed by atoms with van der Waals surface area (Å²) >= 11 is 0. The number of rotatable bonds is 7. The minimum atomic E-state index is -0.462. The molecular weight excluding hydrogens is 392 g/mol. The Labute approximate surface area is 184 Å². The first-order chi connectivity index (χ1) is 14.7. The number of fused-ring (bicyclic) bond motifs is 1. The zero-order valence-electron chi connectivity index (χ0n) is 18.7. The van der Waals surface area contributed by atoms with E-state index in [1.54, 1.807) is 12.1 Å². The van der Waals surface area contributed by atoms with E-state index in [0.29, 0.717) is 24.3 Å². The van der Waals surface area contributed by atoms with Crippen LogP contribution >= 0.6 is 0 Å². The molecule has 1 aliphatic heterocycles. The molecule has 2 atom stereocenters. The third-order valence-electron chi connectivity index (χ3n) is 6.14. The van der Waals surface area contributed by atoms with Crippen LogP contribution in [0.25, 0.3) is 0 Å². The van der Waals surface area contributed by atoms with Crippen LogP contribution in [-0.4, -0.2) is 29.0 Å². The first-order valence-corrected chi connectivity index (χ1v) is 10.5. The van der Waals surface area contributed by atoms with Gasteiger partial charge in [-0.2, -0.15) is 0 Å². The van der Waals surface area contributed by atoms with Crippen LogP contribution in [-0.2, 0) is 11.8 Å². The van der Waals surface area contributed by atoms with E-state index in [9.17, 15) is 15.3 Å². The number of phenols is 3. The lowest BCUT2D eigenvalue weighted by Crippen LogP contribution is -2.23. The molecule has 0 spiro atoms. The van der Waals surface area contributed by atoms with Gasteiger partial charge in [0.1, 0.15) is 11.5 Å². The van der Waals surface area contributed by atoms with Crippen molar-refractivity contribution in [2.24, 2.45) is 0 Å². The molecule has 0 fully saturated rings. The highest BCUT2D eigenvalue weighted by atomic mass is 16.5. The second kappa shape index (κ2) is 8.96. The second-order valence-electron chi connectivity index (χ2n) is 8.69. The van der Waals surface area contributed by atoms with Crippen LogP contribution in [0.5, 0.6) is 28.7 Å². The fraction of sp³-hybridized carbons (Fsp3) is 0.385. The number of ether oxygens (including phenoxy) is 2. The maximum Gasteiger partial charge on any atom is 0.201 e. The fourth-order valence-electron chi connectivity index (χ4n) is 4.17. The van der Waals surface area contributed by atoms with Crippen molar-refractivity contribution >= 4 is 0 Å².